The number of hydrogen-bond donors (Lipinski definition) is 1. The number of likely N-dealkylation sites (N-methyl/N-ethyl adjacent to an activating group) is 1. The first kappa shape index (κ1) is 18.0. The van der Waals surface area contributed by atoms with Crippen LogP contribution in [0.15, 0.2) is 47.1 Å². The fourth-order valence-corrected chi connectivity index (χ4v) is 2.50. The molecule has 130 valence electrons. The number of amides is 2. The Balaban J connectivity index is 1.96. The molecule has 2 amide bonds. The van der Waals surface area contributed by atoms with E-state index >= 15 is 0 Å². The number of hydrogen-bond acceptors (Lipinski definition) is 3. The monoisotopic (exact) mass is 333 g/mol. The van der Waals surface area contributed by atoms with Crippen molar-refractivity contribution in [1.29, 1.82) is 0 Å². The lowest BCUT2D eigenvalue weighted by Crippen LogP contribution is -2.42. The zero-order valence-corrected chi connectivity index (χ0v) is 14.3. The van der Waals surface area contributed by atoms with Crippen molar-refractivity contribution in [1.82, 2.24) is 15.1 Å². The summed E-state index contributed by atoms with van der Waals surface area (Å²) >= 11 is 0. The van der Waals surface area contributed by atoms with Gasteiger partial charge in [0.25, 0.3) is 0 Å². The summed E-state index contributed by atoms with van der Waals surface area (Å²) in [7, 11) is 3.87. The molecular weight excluding hydrogens is 309 g/mol. The third kappa shape index (κ3) is 4.83. The van der Waals surface area contributed by atoms with Gasteiger partial charge in [-0.25, -0.2) is 9.18 Å². The fraction of sp³-hybridized carbons (Fsp3) is 0.389. The second kappa shape index (κ2) is 8.49. The van der Waals surface area contributed by atoms with Crippen molar-refractivity contribution in [2.75, 3.05) is 27.2 Å². The minimum Gasteiger partial charge on any atom is -0.468 e. The van der Waals surface area contributed by atoms with Gasteiger partial charge < -0.3 is 14.6 Å². The second-order valence-electron chi connectivity index (χ2n) is 5.82. The molecule has 1 N–H and O–H groups in total. The molecule has 24 heavy (non-hydrogen) atoms. The Morgan fingerprint density at radius 3 is 2.67 bits per heavy atom. The molecule has 0 saturated heterocycles. The van der Waals surface area contributed by atoms with Crippen LogP contribution >= 0.6 is 0 Å². The zero-order valence-electron chi connectivity index (χ0n) is 14.3. The van der Waals surface area contributed by atoms with Gasteiger partial charge in [0.15, 0.2) is 0 Å². The first-order valence-electron chi connectivity index (χ1n) is 7.98. The molecule has 2 rings (SSSR count). The highest BCUT2D eigenvalue weighted by Gasteiger charge is 2.19. The molecule has 5 nitrogen and oxygen atoms in total. The van der Waals surface area contributed by atoms with Crippen LogP contribution < -0.4 is 5.32 Å². The molecule has 2 aromatic rings. The number of furan rings is 1. The van der Waals surface area contributed by atoms with Crippen LogP contribution in [0.4, 0.5) is 9.18 Å². The van der Waals surface area contributed by atoms with Crippen molar-refractivity contribution < 1.29 is 13.6 Å². The zero-order chi connectivity index (χ0) is 17.5. The fourth-order valence-electron chi connectivity index (χ4n) is 2.50. The molecule has 1 atom stereocenters. The van der Waals surface area contributed by atoms with E-state index in [0.717, 1.165) is 11.3 Å². The van der Waals surface area contributed by atoms with Crippen LogP contribution in [0.3, 0.4) is 0 Å². The van der Waals surface area contributed by atoms with Gasteiger partial charge in [0.2, 0.25) is 0 Å². The average Bonchev–Trinajstić information content (AvgIpc) is 3.06. The molecule has 0 aliphatic rings. The van der Waals surface area contributed by atoms with Crippen LogP contribution in [0.2, 0.25) is 0 Å². The Hall–Kier alpha value is -2.34. The molecule has 0 saturated carbocycles. The van der Waals surface area contributed by atoms with Crippen molar-refractivity contribution in [3.8, 4) is 0 Å². The molecule has 6 heteroatoms. The van der Waals surface area contributed by atoms with Crippen molar-refractivity contribution in [2.45, 2.75) is 19.5 Å². The van der Waals surface area contributed by atoms with Crippen molar-refractivity contribution in [3.05, 3.63) is 59.8 Å². The van der Waals surface area contributed by atoms with Crippen molar-refractivity contribution in [2.24, 2.45) is 0 Å². The van der Waals surface area contributed by atoms with E-state index in [1.54, 1.807) is 17.2 Å². The lowest BCUT2D eigenvalue weighted by atomic mass is 10.2. The Kier molecular flexibility index (Phi) is 6.37. The summed E-state index contributed by atoms with van der Waals surface area (Å²) in [5, 5.41) is 2.93. The van der Waals surface area contributed by atoms with Gasteiger partial charge in [-0.2, -0.15) is 0 Å². The Morgan fingerprint density at radius 1 is 1.29 bits per heavy atom. The number of benzene rings is 1. The van der Waals surface area contributed by atoms with E-state index in [2.05, 4.69) is 5.32 Å². The SMILES string of the molecule is CCN(Cc1cccc(F)c1)C(=O)NCC(c1ccco1)N(C)C. The highest BCUT2D eigenvalue weighted by Crippen LogP contribution is 2.17. The van der Waals surface area contributed by atoms with Crippen LogP contribution in [0, 0.1) is 5.82 Å². The summed E-state index contributed by atoms with van der Waals surface area (Å²) in [5.41, 5.74) is 0.766. The number of rotatable bonds is 7. The molecule has 0 fully saturated rings. The summed E-state index contributed by atoms with van der Waals surface area (Å²) in [6.45, 7) is 3.23. The normalized spacial score (nSPS) is 12.2. The molecule has 1 aromatic heterocycles. The first-order valence-corrected chi connectivity index (χ1v) is 7.98. The second-order valence-corrected chi connectivity index (χ2v) is 5.82. The largest absolute Gasteiger partial charge is 0.468 e. The Bertz CT molecular complexity index is 643. The van der Waals surface area contributed by atoms with Crippen molar-refractivity contribution >= 4 is 6.03 Å². The van der Waals surface area contributed by atoms with Gasteiger partial charge in [-0.05, 0) is 50.8 Å². The van der Waals surface area contributed by atoms with Gasteiger partial charge >= 0.3 is 6.03 Å². The minimum atomic E-state index is -0.297. The number of nitrogens with zero attached hydrogens (tertiary/aromatic N) is 2. The van der Waals surface area contributed by atoms with Crippen LogP contribution in [-0.2, 0) is 6.54 Å². The van der Waals surface area contributed by atoms with E-state index < -0.39 is 0 Å². The number of halogens is 1. The molecule has 1 unspecified atom stereocenters. The summed E-state index contributed by atoms with van der Waals surface area (Å²) in [4.78, 5) is 16.1. The number of urea groups is 1. The summed E-state index contributed by atoms with van der Waals surface area (Å²) in [5.74, 6) is 0.503. The molecular formula is C18H24FN3O2. The number of carbonyl (C=O) groups is 1. The van der Waals surface area contributed by atoms with Crippen LogP contribution in [-0.4, -0.2) is 43.0 Å². The quantitative estimate of drug-likeness (QED) is 0.846. The van der Waals surface area contributed by atoms with E-state index in [1.165, 1.54) is 12.1 Å². The minimum absolute atomic E-state index is 0.0446. The van der Waals surface area contributed by atoms with Gasteiger partial charge in [-0.1, -0.05) is 12.1 Å². The first-order chi connectivity index (χ1) is 11.5. The van der Waals surface area contributed by atoms with Gasteiger partial charge in [0.05, 0.1) is 12.3 Å². The Labute approximate surface area is 142 Å². The van der Waals surface area contributed by atoms with E-state index in [9.17, 15) is 9.18 Å². The van der Waals surface area contributed by atoms with Crippen LogP contribution in [0.5, 0.6) is 0 Å². The third-order valence-corrected chi connectivity index (χ3v) is 3.87. The molecule has 0 aliphatic heterocycles. The van der Waals surface area contributed by atoms with E-state index in [-0.39, 0.29) is 17.9 Å². The van der Waals surface area contributed by atoms with Gasteiger partial charge in [-0.15, -0.1) is 0 Å². The maximum Gasteiger partial charge on any atom is 0.317 e. The summed E-state index contributed by atoms with van der Waals surface area (Å²) in [6, 6.07) is 9.79. The molecule has 1 heterocycles. The predicted molar refractivity (Wildman–Crippen MR) is 91.0 cm³/mol. The molecule has 0 aliphatic carbocycles. The molecule has 0 radical (unpaired) electrons. The Morgan fingerprint density at radius 2 is 2.08 bits per heavy atom. The van der Waals surface area contributed by atoms with Gasteiger partial charge in [0.1, 0.15) is 11.6 Å². The average molecular weight is 333 g/mol. The topological polar surface area (TPSA) is 48.7 Å². The molecule has 1 aromatic carbocycles. The maximum atomic E-state index is 13.3. The predicted octanol–water partition coefficient (Wildman–Crippen LogP) is 3.25. The highest BCUT2D eigenvalue weighted by atomic mass is 19.1. The molecule has 0 spiro atoms. The van der Waals surface area contributed by atoms with E-state index in [4.69, 9.17) is 4.42 Å². The lowest BCUT2D eigenvalue weighted by molar-refractivity contribution is 0.189. The van der Waals surface area contributed by atoms with Gasteiger partial charge in [0, 0.05) is 19.6 Å². The van der Waals surface area contributed by atoms with Crippen molar-refractivity contribution in [3.63, 3.8) is 0 Å². The van der Waals surface area contributed by atoms with Crippen LogP contribution in [0.25, 0.3) is 0 Å². The van der Waals surface area contributed by atoms with E-state index in [1.807, 2.05) is 44.1 Å². The summed E-state index contributed by atoms with van der Waals surface area (Å²) < 4.78 is 18.7. The van der Waals surface area contributed by atoms with Crippen LogP contribution in [0.1, 0.15) is 24.3 Å². The number of carbonyl (C=O) groups excluding carboxylic acids is 1. The maximum absolute atomic E-state index is 13.3. The third-order valence-electron chi connectivity index (χ3n) is 3.87. The van der Waals surface area contributed by atoms with E-state index in [0.29, 0.717) is 19.6 Å². The summed E-state index contributed by atoms with van der Waals surface area (Å²) in [6.07, 6.45) is 1.62. The lowest BCUT2D eigenvalue weighted by Gasteiger charge is -2.26. The van der Waals surface area contributed by atoms with Gasteiger partial charge in [-0.3, -0.25) is 4.90 Å². The smallest absolute Gasteiger partial charge is 0.317 e. The highest BCUT2D eigenvalue weighted by molar-refractivity contribution is 5.74. The molecule has 0 bridgehead atoms. The standard InChI is InChI=1S/C18H24FN3O2/c1-4-22(13-14-7-5-8-15(19)11-14)18(23)20-12-16(21(2)3)17-9-6-10-24-17/h5-11,16H,4,12-13H2,1-3H3,(H,20,23). The number of nitrogens with one attached hydrogen (secondary N) is 1.